The van der Waals surface area contributed by atoms with E-state index >= 15 is 0 Å². The van der Waals surface area contributed by atoms with Crippen LogP contribution in [0, 0.1) is 13.8 Å². The molecule has 17 heavy (non-hydrogen) atoms. The Morgan fingerprint density at radius 1 is 1.24 bits per heavy atom. The van der Waals surface area contributed by atoms with Crippen molar-refractivity contribution in [2.45, 2.75) is 33.4 Å². The van der Waals surface area contributed by atoms with Crippen LogP contribution in [-0.2, 0) is 6.54 Å². The predicted molar refractivity (Wildman–Crippen MR) is 73.3 cm³/mol. The molecule has 0 aliphatic rings. The first-order valence-electron chi connectivity index (χ1n) is 5.84. The van der Waals surface area contributed by atoms with Crippen LogP contribution in [0.4, 0.5) is 0 Å². The van der Waals surface area contributed by atoms with Crippen LogP contribution < -0.4 is 5.32 Å². The molecule has 3 heteroatoms. The Morgan fingerprint density at radius 3 is 2.53 bits per heavy atom. The summed E-state index contributed by atoms with van der Waals surface area (Å²) >= 11 is 1.69. The highest BCUT2D eigenvalue weighted by molar-refractivity contribution is 7.09. The Labute approximate surface area is 107 Å². The molecule has 0 bridgehead atoms. The van der Waals surface area contributed by atoms with Crippen molar-refractivity contribution in [2.24, 2.45) is 0 Å². The molecular weight excluding hydrogens is 228 g/mol. The van der Waals surface area contributed by atoms with E-state index < -0.39 is 0 Å². The number of hydrogen-bond acceptors (Lipinski definition) is 3. The number of rotatable bonds is 4. The normalized spacial score (nSPS) is 12.6. The molecule has 0 aliphatic heterocycles. The Balaban J connectivity index is 2.01. The summed E-state index contributed by atoms with van der Waals surface area (Å²) < 4.78 is 0. The number of nitrogens with zero attached hydrogens (tertiary/aromatic N) is 1. The fourth-order valence-corrected chi connectivity index (χ4v) is 2.51. The molecule has 1 atom stereocenters. The molecule has 0 saturated carbocycles. The van der Waals surface area contributed by atoms with Gasteiger partial charge in [-0.25, -0.2) is 0 Å². The summed E-state index contributed by atoms with van der Waals surface area (Å²) in [6, 6.07) is 7.07. The van der Waals surface area contributed by atoms with Crippen LogP contribution in [0.2, 0.25) is 0 Å². The van der Waals surface area contributed by atoms with Gasteiger partial charge < -0.3 is 5.32 Å². The lowest BCUT2D eigenvalue weighted by molar-refractivity contribution is 0.578. The predicted octanol–water partition coefficient (Wildman–Crippen LogP) is 3.61. The fraction of sp³-hybridized carbons (Fsp3) is 0.357. The largest absolute Gasteiger partial charge is 0.305 e. The van der Waals surface area contributed by atoms with Crippen molar-refractivity contribution < 1.29 is 0 Å². The summed E-state index contributed by atoms with van der Waals surface area (Å²) in [6.45, 7) is 7.38. The Bertz CT molecular complexity index is 457. The maximum atomic E-state index is 4.08. The molecule has 0 spiro atoms. The summed E-state index contributed by atoms with van der Waals surface area (Å²) in [6.07, 6.45) is 1.92. The van der Waals surface area contributed by atoms with Gasteiger partial charge in [0.05, 0.1) is 5.51 Å². The topological polar surface area (TPSA) is 24.9 Å². The lowest BCUT2D eigenvalue weighted by Crippen LogP contribution is -2.17. The van der Waals surface area contributed by atoms with E-state index in [9.17, 15) is 0 Å². The molecule has 90 valence electrons. The molecule has 0 saturated heterocycles. The number of aromatic nitrogens is 1. The molecule has 0 radical (unpaired) electrons. The van der Waals surface area contributed by atoms with Crippen LogP contribution in [0.5, 0.6) is 0 Å². The summed E-state index contributed by atoms with van der Waals surface area (Å²) in [4.78, 5) is 5.36. The van der Waals surface area contributed by atoms with Crippen LogP contribution in [0.1, 0.15) is 34.5 Å². The first kappa shape index (κ1) is 12.3. The summed E-state index contributed by atoms with van der Waals surface area (Å²) in [5.74, 6) is 0. The summed E-state index contributed by atoms with van der Waals surface area (Å²) in [5.41, 5.74) is 5.88. The zero-order valence-electron chi connectivity index (χ0n) is 10.5. The fourth-order valence-electron chi connectivity index (χ4n) is 1.96. The van der Waals surface area contributed by atoms with Crippen molar-refractivity contribution in [3.63, 3.8) is 0 Å². The second-order valence-electron chi connectivity index (χ2n) is 4.49. The van der Waals surface area contributed by atoms with Crippen LogP contribution in [0.15, 0.2) is 29.9 Å². The van der Waals surface area contributed by atoms with Gasteiger partial charge in [0, 0.05) is 23.7 Å². The monoisotopic (exact) mass is 246 g/mol. The van der Waals surface area contributed by atoms with E-state index in [1.165, 1.54) is 21.6 Å². The van der Waals surface area contributed by atoms with Gasteiger partial charge in [-0.2, -0.15) is 0 Å². The van der Waals surface area contributed by atoms with Gasteiger partial charge in [0.1, 0.15) is 0 Å². The summed E-state index contributed by atoms with van der Waals surface area (Å²) in [5, 5.41) is 3.53. The van der Waals surface area contributed by atoms with Gasteiger partial charge >= 0.3 is 0 Å². The maximum Gasteiger partial charge on any atom is 0.0794 e. The zero-order chi connectivity index (χ0) is 12.3. The minimum Gasteiger partial charge on any atom is -0.305 e. The number of nitrogens with one attached hydrogen (secondary N) is 1. The zero-order valence-corrected chi connectivity index (χ0v) is 11.3. The third-order valence-electron chi connectivity index (χ3n) is 2.81. The molecule has 1 aromatic heterocycles. The van der Waals surface area contributed by atoms with Crippen LogP contribution in [0.25, 0.3) is 0 Å². The van der Waals surface area contributed by atoms with Gasteiger partial charge in [0.15, 0.2) is 0 Å². The van der Waals surface area contributed by atoms with E-state index in [0.717, 1.165) is 6.54 Å². The second kappa shape index (κ2) is 5.43. The van der Waals surface area contributed by atoms with E-state index in [1.807, 2.05) is 11.7 Å². The first-order chi connectivity index (χ1) is 8.15. The van der Waals surface area contributed by atoms with Crippen molar-refractivity contribution in [3.05, 3.63) is 51.5 Å². The average molecular weight is 246 g/mol. The maximum absolute atomic E-state index is 4.08. The highest BCUT2D eigenvalue weighted by Gasteiger charge is 2.06. The molecule has 2 rings (SSSR count). The van der Waals surface area contributed by atoms with E-state index in [2.05, 4.69) is 49.3 Å². The lowest BCUT2D eigenvalue weighted by Gasteiger charge is -2.15. The average Bonchev–Trinajstić information content (AvgIpc) is 2.77. The molecule has 1 heterocycles. The number of aryl methyl sites for hydroxylation is 2. The molecule has 2 nitrogen and oxygen atoms in total. The molecule has 2 aromatic rings. The van der Waals surface area contributed by atoms with E-state index in [-0.39, 0.29) is 0 Å². The standard InChI is InChI=1S/C14H18N2S/c1-10-4-11(2)6-13(5-10)12(3)16-8-14-7-15-9-17-14/h4-7,9,12,16H,8H2,1-3H3. The van der Waals surface area contributed by atoms with Crippen molar-refractivity contribution in [1.82, 2.24) is 10.3 Å². The smallest absolute Gasteiger partial charge is 0.0794 e. The minimum absolute atomic E-state index is 0.371. The Morgan fingerprint density at radius 2 is 1.94 bits per heavy atom. The van der Waals surface area contributed by atoms with Crippen LogP contribution in [-0.4, -0.2) is 4.98 Å². The number of benzene rings is 1. The van der Waals surface area contributed by atoms with Gasteiger partial charge in [0.2, 0.25) is 0 Å². The first-order valence-corrected chi connectivity index (χ1v) is 6.72. The van der Waals surface area contributed by atoms with Gasteiger partial charge in [-0.05, 0) is 26.3 Å². The van der Waals surface area contributed by atoms with E-state index in [0.29, 0.717) is 6.04 Å². The molecule has 1 unspecified atom stereocenters. The number of hydrogen-bond donors (Lipinski definition) is 1. The molecular formula is C14H18N2S. The molecule has 1 aromatic carbocycles. The van der Waals surface area contributed by atoms with Crippen LogP contribution in [0.3, 0.4) is 0 Å². The molecule has 1 N–H and O–H groups in total. The van der Waals surface area contributed by atoms with Gasteiger partial charge in [-0.1, -0.05) is 29.3 Å². The van der Waals surface area contributed by atoms with E-state index in [4.69, 9.17) is 0 Å². The molecule has 0 fully saturated rings. The molecule has 0 amide bonds. The van der Waals surface area contributed by atoms with Crippen molar-refractivity contribution in [3.8, 4) is 0 Å². The van der Waals surface area contributed by atoms with Crippen LogP contribution >= 0.6 is 11.3 Å². The second-order valence-corrected chi connectivity index (χ2v) is 5.46. The highest BCUT2D eigenvalue weighted by atomic mass is 32.1. The third-order valence-corrected chi connectivity index (χ3v) is 3.59. The van der Waals surface area contributed by atoms with Gasteiger partial charge in [-0.3, -0.25) is 4.98 Å². The lowest BCUT2D eigenvalue weighted by atomic mass is 10.0. The number of thiazole rings is 1. The van der Waals surface area contributed by atoms with Gasteiger partial charge in [0.25, 0.3) is 0 Å². The van der Waals surface area contributed by atoms with E-state index in [1.54, 1.807) is 11.3 Å². The highest BCUT2D eigenvalue weighted by Crippen LogP contribution is 2.17. The third kappa shape index (κ3) is 3.38. The Hall–Kier alpha value is -1.19. The van der Waals surface area contributed by atoms with Crippen molar-refractivity contribution >= 4 is 11.3 Å². The van der Waals surface area contributed by atoms with Crippen molar-refractivity contribution in [1.29, 1.82) is 0 Å². The minimum atomic E-state index is 0.371. The molecule has 0 aliphatic carbocycles. The SMILES string of the molecule is Cc1cc(C)cc(C(C)NCc2cncs2)c1. The summed E-state index contributed by atoms with van der Waals surface area (Å²) in [7, 11) is 0. The quantitative estimate of drug-likeness (QED) is 0.891. The van der Waals surface area contributed by atoms with Crippen molar-refractivity contribution in [2.75, 3.05) is 0 Å². The Kier molecular flexibility index (Phi) is 3.92. The van der Waals surface area contributed by atoms with Gasteiger partial charge in [-0.15, -0.1) is 11.3 Å².